The Kier molecular flexibility index (Phi) is 6.36. The Hall–Kier alpha value is -2.15. The predicted octanol–water partition coefficient (Wildman–Crippen LogP) is 2.99. The molecule has 0 spiro atoms. The number of nitrogens with zero attached hydrogens (tertiary/aromatic N) is 2. The van der Waals surface area contributed by atoms with E-state index in [1.807, 2.05) is 12.3 Å². The lowest BCUT2D eigenvalue weighted by Gasteiger charge is -2.31. The van der Waals surface area contributed by atoms with Gasteiger partial charge in [0, 0.05) is 23.5 Å². The average Bonchev–Trinajstić information content (AvgIpc) is 2.60. The number of rotatable bonds is 5. The number of methoxy groups -OCH3 is 1. The van der Waals surface area contributed by atoms with Crippen LogP contribution in [-0.4, -0.2) is 42.6 Å². The molecule has 0 fully saturated rings. The number of aliphatic imine (C=N–C) groups is 1. The molecule has 1 aliphatic heterocycles. The Morgan fingerprint density at radius 2 is 2.04 bits per heavy atom. The van der Waals surface area contributed by atoms with E-state index in [-0.39, 0.29) is 6.61 Å². The molecule has 1 aromatic rings. The summed E-state index contributed by atoms with van der Waals surface area (Å²) >= 11 is 1.46. The molecule has 6 nitrogen and oxygen atoms in total. The zero-order valence-electron chi connectivity index (χ0n) is 15.0. The van der Waals surface area contributed by atoms with E-state index in [1.165, 1.54) is 18.9 Å². The highest BCUT2D eigenvalue weighted by molar-refractivity contribution is 7.98. The van der Waals surface area contributed by atoms with Crippen molar-refractivity contribution in [1.29, 1.82) is 0 Å². The zero-order chi connectivity index (χ0) is 18.6. The van der Waals surface area contributed by atoms with Gasteiger partial charge < -0.3 is 9.47 Å². The predicted molar refractivity (Wildman–Crippen MR) is 96.7 cm³/mol. The smallest absolute Gasteiger partial charge is 0.336 e. The van der Waals surface area contributed by atoms with Gasteiger partial charge >= 0.3 is 11.9 Å². The lowest BCUT2D eigenvalue weighted by molar-refractivity contribution is -0.144. The molecule has 0 saturated heterocycles. The Morgan fingerprint density at radius 3 is 2.64 bits per heavy atom. The van der Waals surface area contributed by atoms with Gasteiger partial charge in [-0.15, -0.1) is 11.8 Å². The first-order valence-corrected chi connectivity index (χ1v) is 9.18. The number of hydrogen-bond donors (Lipinski definition) is 0. The Morgan fingerprint density at radius 1 is 1.32 bits per heavy atom. The van der Waals surface area contributed by atoms with Crippen molar-refractivity contribution in [2.75, 3.05) is 20.0 Å². The van der Waals surface area contributed by atoms with Crippen LogP contribution in [0.2, 0.25) is 0 Å². The van der Waals surface area contributed by atoms with E-state index in [0.29, 0.717) is 17.0 Å². The van der Waals surface area contributed by atoms with Gasteiger partial charge in [-0.25, -0.2) is 9.78 Å². The summed E-state index contributed by atoms with van der Waals surface area (Å²) < 4.78 is 10.2. The molecular formula is C18H22N2O4S. The zero-order valence-corrected chi connectivity index (χ0v) is 15.8. The van der Waals surface area contributed by atoms with E-state index in [0.717, 1.165) is 10.6 Å². The van der Waals surface area contributed by atoms with E-state index in [4.69, 9.17) is 9.47 Å². The molecule has 7 heteroatoms. The van der Waals surface area contributed by atoms with E-state index in [2.05, 4.69) is 9.98 Å². The van der Waals surface area contributed by atoms with Gasteiger partial charge in [0.15, 0.2) is 0 Å². The molecule has 1 aromatic heterocycles. The van der Waals surface area contributed by atoms with Crippen molar-refractivity contribution in [2.24, 2.45) is 10.9 Å². The van der Waals surface area contributed by atoms with E-state index < -0.39 is 23.8 Å². The average molecular weight is 362 g/mol. The Labute approximate surface area is 151 Å². The third-order valence-electron chi connectivity index (χ3n) is 4.11. The van der Waals surface area contributed by atoms with Crippen LogP contribution in [0.4, 0.5) is 0 Å². The highest BCUT2D eigenvalue weighted by atomic mass is 32.2. The minimum absolute atomic E-state index is 0.246. The standard InChI is InChI=1S/C18H22N2O4S/c1-6-24-18(22)14-11(3)20-10(2)13(17(21)23-4)15(14)12-8-7-9-19-16(12)25-5/h7-9,13,15H,6H2,1-5H3. The maximum Gasteiger partial charge on any atom is 0.336 e. The maximum atomic E-state index is 12.6. The molecule has 134 valence electrons. The largest absolute Gasteiger partial charge is 0.468 e. The van der Waals surface area contributed by atoms with Crippen molar-refractivity contribution in [3.63, 3.8) is 0 Å². The fraction of sp³-hybridized carbons (Fsp3) is 0.444. The number of pyridine rings is 1. The summed E-state index contributed by atoms with van der Waals surface area (Å²) in [5, 5.41) is 0.755. The van der Waals surface area contributed by atoms with Crippen molar-refractivity contribution in [3.05, 3.63) is 35.2 Å². The second-order valence-electron chi connectivity index (χ2n) is 5.55. The van der Waals surface area contributed by atoms with Crippen molar-refractivity contribution < 1.29 is 19.1 Å². The fourth-order valence-electron chi connectivity index (χ4n) is 3.09. The number of thioether (sulfide) groups is 1. The van der Waals surface area contributed by atoms with Gasteiger partial charge in [-0.05, 0) is 38.7 Å². The molecule has 0 N–H and O–H groups in total. The third kappa shape index (κ3) is 3.76. The molecule has 0 radical (unpaired) electrons. The summed E-state index contributed by atoms with van der Waals surface area (Å²) in [6.07, 6.45) is 3.59. The summed E-state index contributed by atoms with van der Waals surface area (Å²) in [5.41, 5.74) is 2.34. The summed E-state index contributed by atoms with van der Waals surface area (Å²) in [6.45, 7) is 5.52. The number of ether oxygens (including phenoxy) is 2. The number of carbonyl (C=O) groups is 2. The highest BCUT2D eigenvalue weighted by Gasteiger charge is 2.43. The molecule has 0 aromatic carbocycles. The Bertz CT molecular complexity index is 742. The molecular weight excluding hydrogens is 340 g/mol. The Balaban J connectivity index is 2.70. The fourth-order valence-corrected chi connectivity index (χ4v) is 3.69. The van der Waals surface area contributed by atoms with Gasteiger partial charge in [-0.2, -0.15) is 0 Å². The van der Waals surface area contributed by atoms with Gasteiger partial charge in [0.05, 0.1) is 24.3 Å². The molecule has 2 rings (SSSR count). The van der Waals surface area contributed by atoms with Crippen LogP contribution in [0.3, 0.4) is 0 Å². The number of allylic oxidation sites excluding steroid dienone is 1. The molecule has 1 aliphatic rings. The lowest BCUT2D eigenvalue weighted by atomic mass is 9.76. The summed E-state index contributed by atoms with van der Waals surface area (Å²) in [4.78, 5) is 33.9. The first-order valence-electron chi connectivity index (χ1n) is 7.96. The lowest BCUT2D eigenvalue weighted by Crippen LogP contribution is -2.36. The molecule has 0 saturated carbocycles. The van der Waals surface area contributed by atoms with Crippen LogP contribution < -0.4 is 0 Å². The van der Waals surface area contributed by atoms with E-state index >= 15 is 0 Å². The molecule has 0 bridgehead atoms. The van der Waals surface area contributed by atoms with Crippen molar-refractivity contribution in [2.45, 2.75) is 31.7 Å². The van der Waals surface area contributed by atoms with Crippen LogP contribution in [0.5, 0.6) is 0 Å². The second kappa shape index (κ2) is 8.29. The SMILES string of the molecule is CCOC(=O)C1=C(C)N=C(C)C(C(=O)OC)C1c1cccnc1SC. The minimum atomic E-state index is -0.691. The molecule has 0 amide bonds. The van der Waals surface area contributed by atoms with Crippen molar-refractivity contribution in [3.8, 4) is 0 Å². The monoisotopic (exact) mass is 362 g/mol. The van der Waals surface area contributed by atoms with Gasteiger partial charge in [0.25, 0.3) is 0 Å². The van der Waals surface area contributed by atoms with Crippen LogP contribution >= 0.6 is 11.8 Å². The quantitative estimate of drug-likeness (QED) is 0.592. The van der Waals surface area contributed by atoms with Crippen molar-refractivity contribution in [1.82, 2.24) is 4.98 Å². The first kappa shape index (κ1) is 19.2. The maximum absolute atomic E-state index is 12.6. The summed E-state index contributed by atoms with van der Waals surface area (Å²) in [5.74, 6) is -2.13. The molecule has 2 heterocycles. The molecule has 25 heavy (non-hydrogen) atoms. The summed E-state index contributed by atoms with van der Waals surface area (Å²) in [7, 11) is 1.33. The summed E-state index contributed by atoms with van der Waals surface area (Å²) in [6, 6.07) is 3.67. The van der Waals surface area contributed by atoms with Crippen LogP contribution in [0.15, 0.2) is 39.6 Å². The molecule has 2 unspecified atom stereocenters. The van der Waals surface area contributed by atoms with Gasteiger partial charge in [-0.1, -0.05) is 6.07 Å². The van der Waals surface area contributed by atoms with Crippen LogP contribution in [-0.2, 0) is 19.1 Å². The minimum Gasteiger partial charge on any atom is -0.468 e. The van der Waals surface area contributed by atoms with Gasteiger partial charge in [0.2, 0.25) is 0 Å². The van der Waals surface area contributed by atoms with Crippen LogP contribution in [0.25, 0.3) is 0 Å². The first-order chi connectivity index (χ1) is 12.0. The highest BCUT2D eigenvalue weighted by Crippen LogP contribution is 2.42. The number of esters is 2. The van der Waals surface area contributed by atoms with Crippen molar-refractivity contribution >= 4 is 29.4 Å². The molecule has 2 atom stereocenters. The molecule has 0 aliphatic carbocycles. The van der Waals surface area contributed by atoms with Gasteiger partial charge in [0.1, 0.15) is 5.92 Å². The van der Waals surface area contributed by atoms with Crippen LogP contribution in [0, 0.1) is 5.92 Å². The van der Waals surface area contributed by atoms with E-state index in [1.54, 1.807) is 33.0 Å². The van der Waals surface area contributed by atoms with Gasteiger partial charge in [-0.3, -0.25) is 9.79 Å². The number of carbonyl (C=O) groups excluding carboxylic acids is 2. The number of hydrogen-bond acceptors (Lipinski definition) is 7. The normalized spacial score (nSPS) is 20.1. The second-order valence-corrected chi connectivity index (χ2v) is 6.35. The van der Waals surface area contributed by atoms with E-state index in [9.17, 15) is 9.59 Å². The number of aromatic nitrogens is 1. The third-order valence-corrected chi connectivity index (χ3v) is 4.84. The van der Waals surface area contributed by atoms with Crippen LogP contribution in [0.1, 0.15) is 32.3 Å². The topological polar surface area (TPSA) is 77.8 Å².